The van der Waals surface area contributed by atoms with Crippen LogP contribution >= 0.6 is 0 Å². The molecule has 0 atom stereocenters. The second-order valence-electron chi connectivity index (χ2n) is 3.28. The third-order valence-corrected chi connectivity index (χ3v) is 2.13. The standard InChI is InChI=1S/C12H15NO2/c1-3-4-7-13-10-6-5-9(2)11(8-10)12(14)15/h3-6,8,13H,7H2,1-2H3,(H,14,15)/b4-3+. The SMILES string of the molecule is C/C=C/CNc1ccc(C)c(C(=O)O)c1. The van der Waals surface area contributed by atoms with E-state index in [9.17, 15) is 4.79 Å². The lowest BCUT2D eigenvalue weighted by atomic mass is 10.1. The predicted octanol–water partition coefficient (Wildman–Crippen LogP) is 2.68. The number of rotatable bonds is 4. The van der Waals surface area contributed by atoms with Gasteiger partial charge in [0.15, 0.2) is 0 Å². The van der Waals surface area contributed by atoms with Crippen LogP contribution in [-0.2, 0) is 0 Å². The summed E-state index contributed by atoms with van der Waals surface area (Å²) in [6.07, 6.45) is 3.92. The number of hydrogen-bond donors (Lipinski definition) is 2. The largest absolute Gasteiger partial charge is 0.478 e. The van der Waals surface area contributed by atoms with Crippen LogP contribution in [0.2, 0.25) is 0 Å². The van der Waals surface area contributed by atoms with Crippen LogP contribution in [0.4, 0.5) is 5.69 Å². The molecule has 0 fully saturated rings. The van der Waals surface area contributed by atoms with Crippen LogP contribution in [0.25, 0.3) is 0 Å². The first-order valence-electron chi connectivity index (χ1n) is 4.84. The van der Waals surface area contributed by atoms with Crippen LogP contribution in [0.15, 0.2) is 30.4 Å². The molecule has 3 nitrogen and oxygen atoms in total. The minimum absolute atomic E-state index is 0.348. The minimum Gasteiger partial charge on any atom is -0.478 e. The Kier molecular flexibility index (Phi) is 3.92. The molecule has 0 spiro atoms. The molecular weight excluding hydrogens is 190 g/mol. The molecule has 0 unspecified atom stereocenters. The van der Waals surface area contributed by atoms with E-state index in [0.717, 1.165) is 11.3 Å². The van der Waals surface area contributed by atoms with Gasteiger partial charge in [0.1, 0.15) is 0 Å². The highest BCUT2D eigenvalue weighted by atomic mass is 16.4. The summed E-state index contributed by atoms with van der Waals surface area (Å²) in [4.78, 5) is 10.9. The Labute approximate surface area is 89.4 Å². The highest BCUT2D eigenvalue weighted by Gasteiger charge is 2.06. The van der Waals surface area contributed by atoms with Gasteiger partial charge in [0, 0.05) is 12.2 Å². The van der Waals surface area contributed by atoms with E-state index in [4.69, 9.17) is 5.11 Å². The highest BCUT2D eigenvalue weighted by Crippen LogP contribution is 2.15. The van der Waals surface area contributed by atoms with E-state index < -0.39 is 5.97 Å². The van der Waals surface area contributed by atoms with Crippen LogP contribution in [0.5, 0.6) is 0 Å². The molecule has 0 aliphatic rings. The monoisotopic (exact) mass is 205 g/mol. The third kappa shape index (κ3) is 3.13. The van der Waals surface area contributed by atoms with E-state index in [2.05, 4.69) is 5.32 Å². The van der Waals surface area contributed by atoms with Gasteiger partial charge in [0.2, 0.25) is 0 Å². The van der Waals surface area contributed by atoms with Crippen molar-refractivity contribution < 1.29 is 9.90 Å². The molecule has 3 heteroatoms. The fourth-order valence-electron chi connectivity index (χ4n) is 1.26. The van der Waals surface area contributed by atoms with E-state index in [-0.39, 0.29) is 0 Å². The van der Waals surface area contributed by atoms with Gasteiger partial charge in [-0.3, -0.25) is 0 Å². The number of hydrogen-bond acceptors (Lipinski definition) is 2. The van der Waals surface area contributed by atoms with Gasteiger partial charge in [-0.2, -0.15) is 0 Å². The molecule has 0 aromatic heterocycles. The van der Waals surface area contributed by atoms with Gasteiger partial charge in [0.05, 0.1) is 5.56 Å². The average molecular weight is 205 g/mol. The zero-order valence-electron chi connectivity index (χ0n) is 8.95. The van der Waals surface area contributed by atoms with Crippen molar-refractivity contribution in [3.63, 3.8) is 0 Å². The second-order valence-corrected chi connectivity index (χ2v) is 3.28. The van der Waals surface area contributed by atoms with Crippen molar-refractivity contribution in [1.82, 2.24) is 0 Å². The molecule has 0 aliphatic carbocycles. The number of carbonyl (C=O) groups is 1. The maximum atomic E-state index is 10.9. The number of benzene rings is 1. The Bertz CT molecular complexity index is 383. The van der Waals surface area contributed by atoms with Crippen molar-refractivity contribution in [2.45, 2.75) is 13.8 Å². The van der Waals surface area contributed by atoms with Gasteiger partial charge in [-0.25, -0.2) is 4.79 Å². The second kappa shape index (κ2) is 5.20. The number of nitrogens with one attached hydrogen (secondary N) is 1. The molecule has 0 heterocycles. The maximum absolute atomic E-state index is 10.9. The molecule has 15 heavy (non-hydrogen) atoms. The fourth-order valence-corrected chi connectivity index (χ4v) is 1.26. The minimum atomic E-state index is -0.887. The van der Waals surface area contributed by atoms with Crippen molar-refractivity contribution in [1.29, 1.82) is 0 Å². The Hall–Kier alpha value is -1.77. The summed E-state index contributed by atoms with van der Waals surface area (Å²) in [5.41, 5.74) is 1.95. The Balaban J connectivity index is 2.83. The van der Waals surface area contributed by atoms with Gasteiger partial charge in [-0.15, -0.1) is 0 Å². The smallest absolute Gasteiger partial charge is 0.336 e. The molecule has 0 bridgehead atoms. The summed E-state index contributed by atoms with van der Waals surface area (Å²) in [6, 6.07) is 5.34. The van der Waals surface area contributed by atoms with Crippen LogP contribution in [0.1, 0.15) is 22.8 Å². The lowest BCUT2D eigenvalue weighted by molar-refractivity contribution is 0.0696. The molecule has 0 aliphatic heterocycles. The lowest BCUT2D eigenvalue weighted by Crippen LogP contribution is -2.03. The summed E-state index contributed by atoms with van der Waals surface area (Å²) in [7, 11) is 0. The summed E-state index contributed by atoms with van der Waals surface area (Å²) in [6.45, 7) is 4.44. The van der Waals surface area contributed by atoms with Crippen molar-refractivity contribution in [3.8, 4) is 0 Å². The quantitative estimate of drug-likeness (QED) is 0.743. The zero-order valence-corrected chi connectivity index (χ0v) is 8.95. The predicted molar refractivity (Wildman–Crippen MR) is 61.4 cm³/mol. The van der Waals surface area contributed by atoms with Crippen molar-refractivity contribution >= 4 is 11.7 Å². The van der Waals surface area contributed by atoms with E-state index >= 15 is 0 Å². The Morgan fingerprint density at radius 3 is 2.87 bits per heavy atom. The van der Waals surface area contributed by atoms with Crippen LogP contribution in [-0.4, -0.2) is 17.6 Å². The van der Waals surface area contributed by atoms with E-state index in [0.29, 0.717) is 12.1 Å². The van der Waals surface area contributed by atoms with Crippen LogP contribution in [0, 0.1) is 6.92 Å². The van der Waals surface area contributed by atoms with Gasteiger partial charge >= 0.3 is 5.97 Å². The molecule has 80 valence electrons. The Morgan fingerprint density at radius 1 is 1.53 bits per heavy atom. The van der Waals surface area contributed by atoms with Crippen LogP contribution in [0.3, 0.4) is 0 Å². The van der Waals surface area contributed by atoms with E-state index in [1.165, 1.54) is 0 Å². The van der Waals surface area contributed by atoms with E-state index in [1.54, 1.807) is 19.1 Å². The molecule has 1 aromatic rings. The van der Waals surface area contributed by atoms with Crippen LogP contribution < -0.4 is 5.32 Å². The lowest BCUT2D eigenvalue weighted by Gasteiger charge is -2.06. The normalized spacial score (nSPS) is 10.5. The molecule has 0 amide bonds. The van der Waals surface area contributed by atoms with E-state index in [1.807, 2.05) is 25.1 Å². The van der Waals surface area contributed by atoms with Gasteiger partial charge in [-0.05, 0) is 31.5 Å². The summed E-state index contributed by atoms with van der Waals surface area (Å²) >= 11 is 0. The Morgan fingerprint density at radius 2 is 2.27 bits per heavy atom. The zero-order chi connectivity index (χ0) is 11.3. The first-order valence-corrected chi connectivity index (χ1v) is 4.84. The number of allylic oxidation sites excluding steroid dienone is 1. The van der Waals surface area contributed by atoms with Gasteiger partial charge in [0.25, 0.3) is 0 Å². The number of carboxylic acids is 1. The summed E-state index contributed by atoms with van der Waals surface area (Å²) < 4.78 is 0. The third-order valence-electron chi connectivity index (χ3n) is 2.13. The first-order chi connectivity index (χ1) is 7.15. The summed E-state index contributed by atoms with van der Waals surface area (Å²) in [5, 5.41) is 12.0. The van der Waals surface area contributed by atoms with Crippen molar-refractivity contribution in [2.24, 2.45) is 0 Å². The number of anilines is 1. The van der Waals surface area contributed by atoms with Gasteiger partial charge in [-0.1, -0.05) is 18.2 Å². The topological polar surface area (TPSA) is 49.3 Å². The van der Waals surface area contributed by atoms with Crippen molar-refractivity contribution in [3.05, 3.63) is 41.5 Å². The molecule has 1 rings (SSSR count). The molecule has 0 radical (unpaired) electrons. The number of carboxylic acid groups (broad SMARTS) is 1. The maximum Gasteiger partial charge on any atom is 0.336 e. The average Bonchev–Trinajstić information content (AvgIpc) is 2.20. The highest BCUT2D eigenvalue weighted by molar-refractivity contribution is 5.90. The fraction of sp³-hybridized carbons (Fsp3) is 0.250. The van der Waals surface area contributed by atoms with Crippen molar-refractivity contribution in [2.75, 3.05) is 11.9 Å². The number of aryl methyl sites for hydroxylation is 1. The molecule has 2 N–H and O–H groups in total. The summed E-state index contributed by atoms with van der Waals surface area (Å²) in [5.74, 6) is -0.887. The molecular formula is C12H15NO2. The first kappa shape index (κ1) is 11.3. The van der Waals surface area contributed by atoms with Gasteiger partial charge < -0.3 is 10.4 Å². The molecule has 0 saturated heterocycles. The molecule has 1 aromatic carbocycles. The number of aromatic carboxylic acids is 1. The molecule has 0 saturated carbocycles.